The van der Waals surface area contributed by atoms with E-state index in [9.17, 15) is 9.59 Å². The number of nitrogens with one attached hydrogen (secondary N) is 1. The molecule has 1 aliphatic rings. The van der Waals surface area contributed by atoms with Crippen LogP contribution >= 0.6 is 23.4 Å². The first kappa shape index (κ1) is 28.1. The van der Waals surface area contributed by atoms with E-state index in [4.69, 9.17) is 16.3 Å². The Balaban J connectivity index is 1.57. The largest absolute Gasteiger partial charge is 0.497 e. The SMILES string of the molecule is COc1cccc(CN(C(=O)CSCc2cccc(Cl)c2)C(Cc2ccccc2)C(=O)NC2CCCC2)c1. The van der Waals surface area contributed by atoms with E-state index in [1.54, 1.807) is 12.0 Å². The van der Waals surface area contributed by atoms with Gasteiger partial charge in [0.25, 0.3) is 0 Å². The molecule has 4 rings (SSSR count). The highest BCUT2D eigenvalue weighted by Crippen LogP contribution is 2.23. The zero-order valence-electron chi connectivity index (χ0n) is 21.8. The lowest BCUT2D eigenvalue weighted by Crippen LogP contribution is -2.52. The maximum atomic E-state index is 13.8. The number of benzene rings is 3. The molecule has 0 bridgehead atoms. The third-order valence-electron chi connectivity index (χ3n) is 6.84. The van der Waals surface area contributed by atoms with Gasteiger partial charge in [-0.3, -0.25) is 9.59 Å². The van der Waals surface area contributed by atoms with E-state index in [2.05, 4.69) is 5.32 Å². The molecule has 0 radical (unpaired) electrons. The lowest BCUT2D eigenvalue weighted by Gasteiger charge is -2.32. The molecule has 0 aliphatic heterocycles. The number of amides is 2. The molecule has 1 aliphatic carbocycles. The Kier molecular flexibility index (Phi) is 10.5. The normalized spacial score (nSPS) is 14.2. The molecule has 0 spiro atoms. The second-order valence-electron chi connectivity index (χ2n) is 9.69. The third kappa shape index (κ3) is 8.27. The Morgan fingerprint density at radius 1 is 0.974 bits per heavy atom. The minimum absolute atomic E-state index is 0.0673. The van der Waals surface area contributed by atoms with Crippen LogP contribution in [-0.4, -0.2) is 41.7 Å². The fraction of sp³-hybridized carbons (Fsp3) is 0.355. The summed E-state index contributed by atoms with van der Waals surface area (Å²) in [6.07, 6.45) is 4.68. The van der Waals surface area contributed by atoms with Crippen molar-refractivity contribution in [1.82, 2.24) is 10.2 Å². The molecular formula is C31H35ClN2O3S. The fourth-order valence-electron chi connectivity index (χ4n) is 4.85. The smallest absolute Gasteiger partial charge is 0.243 e. The summed E-state index contributed by atoms with van der Waals surface area (Å²) in [6, 6.07) is 24.8. The van der Waals surface area contributed by atoms with Crippen LogP contribution in [0.3, 0.4) is 0 Å². The van der Waals surface area contributed by atoms with Crippen molar-refractivity contribution in [3.63, 3.8) is 0 Å². The topological polar surface area (TPSA) is 58.6 Å². The molecule has 1 N–H and O–H groups in total. The van der Waals surface area contributed by atoms with E-state index in [1.807, 2.05) is 78.9 Å². The quantitative estimate of drug-likeness (QED) is 0.288. The van der Waals surface area contributed by atoms with Gasteiger partial charge < -0.3 is 15.0 Å². The Bertz CT molecular complexity index is 1200. The molecule has 3 aromatic rings. The molecule has 3 aromatic carbocycles. The second kappa shape index (κ2) is 14.3. The first-order valence-electron chi connectivity index (χ1n) is 13.1. The second-order valence-corrected chi connectivity index (χ2v) is 11.1. The molecule has 1 unspecified atom stereocenters. The van der Waals surface area contributed by atoms with Crippen LogP contribution < -0.4 is 10.1 Å². The van der Waals surface area contributed by atoms with E-state index in [0.29, 0.717) is 23.7 Å². The summed E-state index contributed by atoms with van der Waals surface area (Å²) in [4.78, 5) is 29.3. The highest BCUT2D eigenvalue weighted by molar-refractivity contribution is 7.99. The zero-order chi connectivity index (χ0) is 26.7. The summed E-state index contributed by atoms with van der Waals surface area (Å²) < 4.78 is 5.42. The highest BCUT2D eigenvalue weighted by atomic mass is 35.5. The molecule has 5 nitrogen and oxygen atoms in total. The van der Waals surface area contributed by atoms with Crippen LogP contribution in [0.15, 0.2) is 78.9 Å². The van der Waals surface area contributed by atoms with Crippen molar-refractivity contribution in [1.29, 1.82) is 0 Å². The van der Waals surface area contributed by atoms with Crippen molar-refractivity contribution >= 4 is 35.2 Å². The first-order valence-corrected chi connectivity index (χ1v) is 14.6. The fourth-order valence-corrected chi connectivity index (χ4v) is 5.93. The van der Waals surface area contributed by atoms with Crippen LogP contribution in [0.2, 0.25) is 5.02 Å². The molecule has 200 valence electrons. The number of hydrogen-bond acceptors (Lipinski definition) is 4. The van der Waals surface area contributed by atoms with E-state index in [1.165, 1.54) is 11.8 Å². The number of methoxy groups -OCH3 is 1. The summed E-state index contributed by atoms with van der Waals surface area (Å²) >= 11 is 7.67. The predicted octanol–water partition coefficient (Wildman–Crippen LogP) is 6.28. The summed E-state index contributed by atoms with van der Waals surface area (Å²) in [7, 11) is 1.63. The van der Waals surface area contributed by atoms with Crippen LogP contribution in [0, 0.1) is 0 Å². The van der Waals surface area contributed by atoms with Gasteiger partial charge in [0.1, 0.15) is 11.8 Å². The number of carbonyl (C=O) groups is 2. The van der Waals surface area contributed by atoms with Gasteiger partial charge in [0.05, 0.1) is 12.9 Å². The van der Waals surface area contributed by atoms with Gasteiger partial charge in [0, 0.05) is 29.8 Å². The molecule has 38 heavy (non-hydrogen) atoms. The molecule has 1 atom stereocenters. The number of nitrogens with zero attached hydrogens (tertiary/aromatic N) is 1. The first-order chi connectivity index (χ1) is 18.5. The number of halogens is 1. The Labute approximate surface area is 234 Å². The Morgan fingerprint density at radius 3 is 2.42 bits per heavy atom. The van der Waals surface area contributed by atoms with Gasteiger partial charge in [-0.25, -0.2) is 0 Å². The van der Waals surface area contributed by atoms with Gasteiger partial charge in [-0.2, -0.15) is 0 Å². The van der Waals surface area contributed by atoms with E-state index < -0.39 is 6.04 Å². The Morgan fingerprint density at radius 2 is 1.68 bits per heavy atom. The third-order valence-corrected chi connectivity index (χ3v) is 8.07. The van der Waals surface area contributed by atoms with Gasteiger partial charge in [-0.05, 0) is 53.8 Å². The number of rotatable bonds is 12. The van der Waals surface area contributed by atoms with Crippen LogP contribution in [0.25, 0.3) is 0 Å². The van der Waals surface area contributed by atoms with Crippen LogP contribution in [-0.2, 0) is 28.3 Å². The van der Waals surface area contributed by atoms with Crippen molar-refractivity contribution in [2.24, 2.45) is 0 Å². The number of carbonyl (C=O) groups excluding carboxylic acids is 2. The van der Waals surface area contributed by atoms with Gasteiger partial charge in [-0.1, -0.05) is 79.0 Å². The zero-order valence-corrected chi connectivity index (χ0v) is 23.3. The predicted molar refractivity (Wildman–Crippen MR) is 155 cm³/mol. The molecule has 1 saturated carbocycles. The molecule has 0 heterocycles. The average molecular weight is 551 g/mol. The summed E-state index contributed by atoms with van der Waals surface area (Å²) in [5.41, 5.74) is 3.01. The van der Waals surface area contributed by atoms with E-state index >= 15 is 0 Å². The van der Waals surface area contributed by atoms with Gasteiger partial charge in [0.2, 0.25) is 11.8 Å². The van der Waals surface area contributed by atoms with Crippen molar-refractivity contribution in [2.45, 2.75) is 56.5 Å². The molecular weight excluding hydrogens is 516 g/mol. The molecule has 0 aromatic heterocycles. The maximum absolute atomic E-state index is 13.8. The molecule has 0 saturated heterocycles. The monoisotopic (exact) mass is 550 g/mol. The summed E-state index contributed by atoms with van der Waals surface area (Å²) in [5, 5.41) is 3.93. The lowest BCUT2D eigenvalue weighted by atomic mass is 10.0. The number of hydrogen-bond donors (Lipinski definition) is 1. The van der Waals surface area contributed by atoms with Crippen molar-refractivity contribution in [3.05, 3.63) is 101 Å². The van der Waals surface area contributed by atoms with Gasteiger partial charge >= 0.3 is 0 Å². The molecule has 7 heteroatoms. The summed E-state index contributed by atoms with van der Waals surface area (Å²) in [6.45, 7) is 0.323. The average Bonchev–Trinajstić information content (AvgIpc) is 3.44. The van der Waals surface area contributed by atoms with Crippen LogP contribution in [0.5, 0.6) is 5.75 Å². The van der Waals surface area contributed by atoms with Crippen LogP contribution in [0.1, 0.15) is 42.4 Å². The Hall–Kier alpha value is -2.96. The lowest BCUT2D eigenvalue weighted by molar-refractivity contribution is -0.139. The number of ether oxygens (including phenoxy) is 1. The van der Waals surface area contributed by atoms with E-state index in [0.717, 1.165) is 48.1 Å². The highest BCUT2D eigenvalue weighted by Gasteiger charge is 2.32. The minimum atomic E-state index is -0.622. The summed E-state index contributed by atoms with van der Waals surface area (Å²) in [5.74, 6) is 1.49. The minimum Gasteiger partial charge on any atom is -0.497 e. The van der Waals surface area contributed by atoms with Crippen molar-refractivity contribution in [3.8, 4) is 5.75 Å². The standard InChI is InChI=1S/C31H35ClN2O3S/c1-37-28-16-8-11-24(18-28)20-34(30(35)22-38-21-25-12-7-13-26(32)17-25)29(19-23-9-3-2-4-10-23)31(36)33-27-14-5-6-15-27/h2-4,7-13,16-18,27,29H,5-6,14-15,19-22H2,1H3,(H,33,36). The van der Waals surface area contributed by atoms with E-state index in [-0.39, 0.29) is 23.6 Å². The van der Waals surface area contributed by atoms with Crippen molar-refractivity contribution in [2.75, 3.05) is 12.9 Å². The van der Waals surface area contributed by atoms with Gasteiger partial charge in [0.15, 0.2) is 0 Å². The van der Waals surface area contributed by atoms with Crippen LogP contribution in [0.4, 0.5) is 0 Å². The molecule has 2 amide bonds. The number of thioether (sulfide) groups is 1. The van der Waals surface area contributed by atoms with Gasteiger partial charge in [-0.15, -0.1) is 11.8 Å². The maximum Gasteiger partial charge on any atom is 0.243 e. The van der Waals surface area contributed by atoms with Crippen molar-refractivity contribution < 1.29 is 14.3 Å². The molecule has 1 fully saturated rings.